The normalized spacial score (nSPS) is 19.8. The van der Waals surface area contributed by atoms with Crippen molar-refractivity contribution in [1.82, 2.24) is 10.3 Å². The second kappa shape index (κ2) is 8.35. The first-order valence-electron chi connectivity index (χ1n) is 9.65. The van der Waals surface area contributed by atoms with Gasteiger partial charge in [0.05, 0.1) is 34.1 Å². The largest absolute Gasteiger partial charge is 0.418 e. The molecule has 0 atom stereocenters. The van der Waals surface area contributed by atoms with Crippen LogP contribution in [0, 0.1) is 5.92 Å². The van der Waals surface area contributed by atoms with Crippen LogP contribution in [0.2, 0.25) is 0 Å². The number of benzene rings is 1. The Kier molecular flexibility index (Phi) is 6.15. The summed E-state index contributed by atoms with van der Waals surface area (Å²) in [6.45, 7) is 0. The van der Waals surface area contributed by atoms with Crippen LogP contribution in [0.25, 0.3) is 11.3 Å². The van der Waals surface area contributed by atoms with Crippen molar-refractivity contribution in [2.45, 2.75) is 44.1 Å². The first-order valence-corrected chi connectivity index (χ1v) is 9.65. The van der Waals surface area contributed by atoms with E-state index in [1.54, 1.807) is 0 Å². The number of nitrogen functional groups attached to an aromatic ring is 1. The van der Waals surface area contributed by atoms with Crippen LogP contribution in [0.5, 0.6) is 0 Å². The molecule has 1 aromatic carbocycles. The molecule has 0 spiro atoms. The molecule has 31 heavy (non-hydrogen) atoms. The summed E-state index contributed by atoms with van der Waals surface area (Å²) in [5.74, 6) is -2.10. The fraction of sp³-hybridized carbons (Fsp3) is 0.450. The molecular weight excluding hydrogens is 426 g/mol. The molecule has 1 heterocycles. The van der Waals surface area contributed by atoms with Crippen molar-refractivity contribution in [3.8, 4) is 11.3 Å². The smallest absolute Gasteiger partial charge is 0.397 e. The van der Waals surface area contributed by atoms with Gasteiger partial charge in [0.15, 0.2) is 0 Å². The van der Waals surface area contributed by atoms with Gasteiger partial charge < -0.3 is 21.4 Å². The molecule has 0 aliphatic heterocycles. The monoisotopic (exact) mass is 448 g/mol. The lowest BCUT2D eigenvalue weighted by atomic mass is 9.85. The molecule has 3 rings (SSSR count). The second-order valence-corrected chi connectivity index (χ2v) is 7.56. The summed E-state index contributed by atoms with van der Waals surface area (Å²) in [6, 6.07) is 2.96. The van der Waals surface area contributed by atoms with Gasteiger partial charge in [-0.2, -0.15) is 26.3 Å². The van der Waals surface area contributed by atoms with Crippen LogP contribution in [-0.4, -0.2) is 30.2 Å². The highest BCUT2D eigenvalue weighted by Gasteiger charge is 2.42. The van der Waals surface area contributed by atoms with E-state index in [4.69, 9.17) is 5.73 Å². The molecule has 1 fully saturated rings. The summed E-state index contributed by atoms with van der Waals surface area (Å²) in [4.78, 5) is 15.4. The highest BCUT2D eigenvalue weighted by Crippen LogP contribution is 2.40. The molecule has 1 saturated carbocycles. The van der Waals surface area contributed by atoms with Crippen LogP contribution < -0.4 is 16.4 Å². The van der Waals surface area contributed by atoms with Crippen LogP contribution in [0.3, 0.4) is 0 Å². The first kappa shape index (κ1) is 22.8. The Morgan fingerprint density at radius 1 is 1.10 bits per heavy atom. The number of carbonyl (C=O) groups excluding carboxylic acids is 1. The SMILES string of the molecule is CNc1cc(-c2[nH]ccc2C(F)(F)F)c(C(=O)NC2CCC(C(F)(F)F)CC2)cc1N. The maximum absolute atomic E-state index is 13.4. The van der Waals surface area contributed by atoms with Gasteiger partial charge in [-0.25, -0.2) is 0 Å². The fourth-order valence-electron chi connectivity index (χ4n) is 3.88. The number of hydrogen-bond acceptors (Lipinski definition) is 3. The van der Waals surface area contributed by atoms with Crippen LogP contribution in [0.4, 0.5) is 37.7 Å². The predicted octanol–water partition coefficient (Wildman–Crippen LogP) is 5.18. The molecular formula is C20H22F6N4O. The third-order valence-electron chi connectivity index (χ3n) is 5.55. The quantitative estimate of drug-likeness (QED) is 0.385. The average molecular weight is 448 g/mol. The third-order valence-corrected chi connectivity index (χ3v) is 5.55. The van der Waals surface area contributed by atoms with Crippen molar-refractivity contribution >= 4 is 17.3 Å². The minimum atomic E-state index is -4.65. The highest BCUT2D eigenvalue weighted by molar-refractivity contribution is 6.03. The molecule has 11 heteroatoms. The molecule has 2 aromatic rings. The van der Waals surface area contributed by atoms with Crippen molar-refractivity contribution < 1.29 is 31.1 Å². The number of hydrogen-bond donors (Lipinski definition) is 4. The maximum Gasteiger partial charge on any atom is 0.418 e. The van der Waals surface area contributed by atoms with Gasteiger partial charge in [-0.1, -0.05) is 0 Å². The number of halogens is 6. The minimum Gasteiger partial charge on any atom is -0.397 e. The molecule has 1 aliphatic carbocycles. The Labute approximate surface area is 174 Å². The van der Waals surface area contributed by atoms with Gasteiger partial charge in [-0.3, -0.25) is 4.79 Å². The molecule has 0 radical (unpaired) electrons. The topological polar surface area (TPSA) is 82.9 Å². The number of amides is 1. The average Bonchev–Trinajstić information content (AvgIpc) is 3.17. The number of aromatic amines is 1. The first-order chi connectivity index (χ1) is 14.4. The van der Waals surface area contributed by atoms with Crippen molar-refractivity contribution in [3.05, 3.63) is 35.5 Å². The molecule has 0 saturated heterocycles. The van der Waals surface area contributed by atoms with Crippen LogP contribution in [0.1, 0.15) is 41.6 Å². The van der Waals surface area contributed by atoms with E-state index in [-0.39, 0.29) is 48.2 Å². The zero-order chi connectivity index (χ0) is 23.0. The van der Waals surface area contributed by atoms with Gasteiger partial charge >= 0.3 is 12.4 Å². The molecule has 170 valence electrons. The van der Waals surface area contributed by atoms with Gasteiger partial charge in [0, 0.05) is 24.8 Å². The van der Waals surface area contributed by atoms with Gasteiger partial charge in [-0.05, 0) is 43.9 Å². The van der Waals surface area contributed by atoms with E-state index >= 15 is 0 Å². The van der Waals surface area contributed by atoms with Crippen LogP contribution in [-0.2, 0) is 6.18 Å². The number of nitrogens with one attached hydrogen (secondary N) is 3. The third kappa shape index (κ3) is 4.91. The van der Waals surface area contributed by atoms with E-state index in [0.717, 1.165) is 12.3 Å². The van der Waals surface area contributed by atoms with E-state index in [1.165, 1.54) is 19.2 Å². The zero-order valence-corrected chi connectivity index (χ0v) is 16.5. The van der Waals surface area contributed by atoms with Crippen molar-refractivity contribution in [3.63, 3.8) is 0 Å². The number of alkyl halides is 6. The van der Waals surface area contributed by atoms with E-state index in [0.29, 0.717) is 5.69 Å². The van der Waals surface area contributed by atoms with Gasteiger partial charge in [0.1, 0.15) is 0 Å². The lowest BCUT2D eigenvalue weighted by Crippen LogP contribution is -2.40. The molecule has 1 amide bonds. The Balaban J connectivity index is 1.90. The summed E-state index contributed by atoms with van der Waals surface area (Å²) in [5.41, 5.74) is 5.05. The van der Waals surface area contributed by atoms with Crippen molar-refractivity contribution in [2.75, 3.05) is 18.1 Å². The molecule has 5 N–H and O–H groups in total. The van der Waals surface area contributed by atoms with Gasteiger partial charge in [-0.15, -0.1) is 0 Å². The van der Waals surface area contributed by atoms with Gasteiger partial charge in [0.2, 0.25) is 0 Å². The summed E-state index contributed by atoms with van der Waals surface area (Å²) in [7, 11) is 1.54. The van der Waals surface area contributed by atoms with Gasteiger partial charge in [0.25, 0.3) is 5.91 Å². The number of H-pyrrole nitrogens is 1. The van der Waals surface area contributed by atoms with E-state index < -0.39 is 35.8 Å². The number of aromatic nitrogens is 1. The Morgan fingerprint density at radius 3 is 2.29 bits per heavy atom. The van der Waals surface area contributed by atoms with Crippen LogP contribution >= 0.6 is 0 Å². The highest BCUT2D eigenvalue weighted by atomic mass is 19.4. The summed E-state index contributed by atoms with van der Waals surface area (Å²) in [6.07, 6.45) is -7.78. The fourth-order valence-corrected chi connectivity index (χ4v) is 3.88. The number of rotatable bonds is 4. The van der Waals surface area contributed by atoms with E-state index in [2.05, 4.69) is 15.6 Å². The minimum absolute atomic E-state index is 0.0163. The van der Waals surface area contributed by atoms with E-state index in [9.17, 15) is 31.1 Å². The molecule has 0 bridgehead atoms. The summed E-state index contributed by atoms with van der Waals surface area (Å²) >= 11 is 0. The number of carbonyl (C=O) groups is 1. The zero-order valence-electron chi connectivity index (χ0n) is 16.5. The lowest BCUT2D eigenvalue weighted by molar-refractivity contribution is -0.182. The van der Waals surface area contributed by atoms with Crippen molar-refractivity contribution in [1.29, 1.82) is 0 Å². The second-order valence-electron chi connectivity index (χ2n) is 7.56. The van der Waals surface area contributed by atoms with Crippen molar-refractivity contribution in [2.24, 2.45) is 5.92 Å². The van der Waals surface area contributed by atoms with E-state index in [1.807, 2.05) is 0 Å². The Morgan fingerprint density at radius 2 is 1.74 bits per heavy atom. The molecule has 0 unspecified atom stereocenters. The number of anilines is 2. The summed E-state index contributed by atoms with van der Waals surface area (Å²) < 4.78 is 78.8. The molecule has 1 aromatic heterocycles. The Hall–Kier alpha value is -2.85. The summed E-state index contributed by atoms with van der Waals surface area (Å²) in [5, 5.41) is 5.42. The Bertz CT molecular complexity index is 942. The molecule has 1 aliphatic rings. The lowest BCUT2D eigenvalue weighted by Gasteiger charge is -2.30. The maximum atomic E-state index is 13.4. The molecule has 5 nitrogen and oxygen atoms in total. The standard InChI is InChI=1S/C20H22F6N4O/c1-28-16-9-12(17-14(6-7-29-17)20(24,25)26)13(8-15(16)27)18(31)30-11-4-2-10(3-5-11)19(21,22)23/h6-11,28-29H,2-5,27H2,1H3,(H,30,31). The predicted molar refractivity (Wildman–Crippen MR) is 104 cm³/mol. The van der Waals surface area contributed by atoms with Crippen LogP contribution in [0.15, 0.2) is 24.4 Å². The number of nitrogens with two attached hydrogens (primary N) is 1.